The van der Waals surface area contributed by atoms with Gasteiger partial charge in [0.2, 0.25) is 0 Å². The highest BCUT2D eigenvalue weighted by molar-refractivity contribution is 7.21. The summed E-state index contributed by atoms with van der Waals surface area (Å²) in [5.74, 6) is 0. The molecule has 0 saturated carbocycles. The first-order valence-corrected chi connectivity index (χ1v) is 11.1. The summed E-state index contributed by atoms with van der Waals surface area (Å²) in [6.07, 6.45) is 2.18. The Morgan fingerprint density at radius 1 is 1.21 bits per heavy atom. The molecule has 2 aromatic carbocycles. The normalized spacial score (nSPS) is 12.9. The minimum Gasteiger partial charge on any atom is -0.384 e. The van der Waals surface area contributed by atoms with Crippen LogP contribution in [0.2, 0.25) is 0 Å². The van der Waals surface area contributed by atoms with Crippen LogP contribution >= 0.6 is 11.3 Å². The van der Waals surface area contributed by atoms with Gasteiger partial charge in [0.05, 0.1) is 21.8 Å². The van der Waals surface area contributed by atoms with Crippen LogP contribution < -0.4 is 10.6 Å². The fraction of sp³-hybridized carbons (Fsp3) is 0.240. The number of allylic oxidation sites excluding steroid dienone is 1. The molecule has 0 unspecified atom stereocenters. The van der Waals surface area contributed by atoms with Gasteiger partial charge in [-0.05, 0) is 55.2 Å². The molecule has 2 aromatic heterocycles. The lowest BCUT2D eigenvalue weighted by atomic mass is 10.0. The van der Waals surface area contributed by atoms with Crippen molar-refractivity contribution in [2.75, 3.05) is 23.7 Å². The fourth-order valence-corrected chi connectivity index (χ4v) is 5.34. The average Bonchev–Trinajstić information content (AvgIpc) is 3.36. The molecule has 4 heteroatoms. The van der Waals surface area contributed by atoms with Crippen molar-refractivity contribution in [1.82, 2.24) is 4.98 Å². The van der Waals surface area contributed by atoms with Gasteiger partial charge >= 0.3 is 0 Å². The van der Waals surface area contributed by atoms with Crippen LogP contribution in [-0.4, -0.2) is 18.1 Å². The van der Waals surface area contributed by atoms with Gasteiger partial charge in [-0.25, -0.2) is 4.98 Å². The van der Waals surface area contributed by atoms with Crippen molar-refractivity contribution in [1.29, 1.82) is 0 Å². The second-order valence-electron chi connectivity index (χ2n) is 7.73. The van der Waals surface area contributed by atoms with Gasteiger partial charge in [0.25, 0.3) is 0 Å². The summed E-state index contributed by atoms with van der Waals surface area (Å²) in [6.45, 7) is 10.4. The van der Waals surface area contributed by atoms with Crippen molar-refractivity contribution >= 4 is 49.3 Å². The highest BCUT2D eigenvalue weighted by atomic mass is 32.1. The Kier molecular flexibility index (Phi) is 4.51. The summed E-state index contributed by atoms with van der Waals surface area (Å²) < 4.78 is 1.28. The van der Waals surface area contributed by atoms with E-state index in [9.17, 15) is 0 Å². The topological polar surface area (TPSA) is 37.0 Å². The molecule has 1 aliphatic rings. The Hall–Kier alpha value is -2.85. The quantitative estimate of drug-likeness (QED) is 0.382. The van der Waals surface area contributed by atoms with Gasteiger partial charge in [0.15, 0.2) is 0 Å². The predicted octanol–water partition coefficient (Wildman–Crippen LogP) is 6.94. The van der Waals surface area contributed by atoms with Crippen LogP contribution in [0.25, 0.3) is 37.8 Å². The molecule has 146 valence electrons. The molecular formula is C25H25N3S. The molecule has 0 atom stereocenters. The summed E-state index contributed by atoms with van der Waals surface area (Å²) in [7, 11) is 0. The molecule has 0 saturated heterocycles. The number of rotatable bonds is 5. The minimum absolute atomic E-state index is 0.954. The average molecular weight is 400 g/mol. The fourth-order valence-electron chi connectivity index (χ4n) is 4.22. The number of fused-ring (bicyclic) bond motifs is 4. The van der Waals surface area contributed by atoms with E-state index in [4.69, 9.17) is 4.98 Å². The van der Waals surface area contributed by atoms with Crippen LogP contribution in [0.15, 0.2) is 49.0 Å². The van der Waals surface area contributed by atoms with Gasteiger partial charge in [-0.2, -0.15) is 0 Å². The number of para-hydroxylation sites is 1. The number of nitrogens with one attached hydrogen (secondary N) is 2. The molecule has 29 heavy (non-hydrogen) atoms. The molecule has 0 bridgehead atoms. The third-order valence-electron chi connectivity index (χ3n) is 5.58. The van der Waals surface area contributed by atoms with Crippen LogP contribution in [0.1, 0.15) is 30.7 Å². The van der Waals surface area contributed by atoms with Crippen molar-refractivity contribution in [2.24, 2.45) is 0 Å². The van der Waals surface area contributed by atoms with Gasteiger partial charge in [0.1, 0.15) is 0 Å². The smallest absolute Gasteiger partial charge is 0.0730 e. The van der Waals surface area contributed by atoms with Crippen LogP contribution in [-0.2, 0) is 6.42 Å². The number of aromatic nitrogens is 1. The van der Waals surface area contributed by atoms with Crippen LogP contribution in [0.4, 0.5) is 11.4 Å². The van der Waals surface area contributed by atoms with Crippen LogP contribution in [0, 0.1) is 0 Å². The number of hydrogen-bond donors (Lipinski definition) is 2. The van der Waals surface area contributed by atoms with Crippen LogP contribution in [0.5, 0.6) is 0 Å². The Morgan fingerprint density at radius 2 is 2.10 bits per heavy atom. The van der Waals surface area contributed by atoms with Gasteiger partial charge in [0, 0.05) is 39.8 Å². The van der Waals surface area contributed by atoms with E-state index in [1.165, 1.54) is 42.9 Å². The zero-order valence-corrected chi connectivity index (χ0v) is 17.7. The lowest BCUT2D eigenvalue weighted by Gasteiger charge is -2.11. The Morgan fingerprint density at radius 3 is 2.93 bits per heavy atom. The number of nitrogens with zero attached hydrogens (tertiary/aromatic N) is 1. The standard InChI is InChI=1S/C25H25N3S/c1-4-13-26-24-22-17-8-9-20(18-7-5-6-16-12-14-27-23(16)18)28-19(17)10-11-21(22)29-25(24)15(2)3/h5-11,26-27H,2,4,12-14H2,1,3H3. The molecule has 1 aliphatic heterocycles. The number of benzene rings is 2. The molecule has 3 heterocycles. The molecular weight excluding hydrogens is 374 g/mol. The Balaban J connectivity index is 1.71. The maximum atomic E-state index is 5.06. The zero-order valence-electron chi connectivity index (χ0n) is 16.9. The second kappa shape index (κ2) is 7.20. The summed E-state index contributed by atoms with van der Waals surface area (Å²) in [6, 6.07) is 15.3. The molecule has 3 nitrogen and oxygen atoms in total. The number of anilines is 2. The second-order valence-corrected chi connectivity index (χ2v) is 8.78. The lowest BCUT2D eigenvalue weighted by Crippen LogP contribution is -2.00. The SMILES string of the molecule is C=C(C)c1sc2ccc3nc(-c4cccc5c4NCC5)ccc3c2c1NCCC. The van der Waals surface area contributed by atoms with E-state index in [1.54, 1.807) is 0 Å². The van der Waals surface area contributed by atoms with E-state index in [-0.39, 0.29) is 0 Å². The predicted molar refractivity (Wildman–Crippen MR) is 128 cm³/mol. The van der Waals surface area contributed by atoms with E-state index in [2.05, 4.69) is 73.5 Å². The number of hydrogen-bond acceptors (Lipinski definition) is 4. The van der Waals surface area contributed by atoms with Gasteiger partial charge in [-0.1, -0.05) is 31.7 Å². The highest BCUT2D eigenvalue weighted by Crippen LogP contribution is 2.43. The molecule has 0 spiro atoms. The highest BCUT2D eigenvalue weighted by Gasteiger charge is 2.18. The van der Waals surface area contributed by atoms with E-state index in [1.807, 2.05) is 11.3 Å². The monoisotopic (exact) mass is 399 g/mol. The molecule has 5 rings (SSSR count). The van der Waals surface area contributed by atoms with Crippen molar-refractivity contribution in [2.45, 2.75) is 26.7 Å². The number of thiophene rings is 1. The maximum Gasteiger partial charge on any atom is 0.0730 e. The van der Waals surface area contributed by atoms with E-state index >= 15 is 0 Å². The summed E-state index contributed by atoms with van der Waals surface area (Å²) in [5, 5.41) is 9.66. The molecule has 0 aliphatic carbocycles. The third-order valence-corrected chi connectivity index (χ3v) is 6.90. The van der Waals surface area contributed by atoms with E-state index in [0.717, 1.165) is 42.7 Å². The Bertz CT molecular complexity index is 1250. The maximum absolute atomic E-state index is 5.06. The summed E-state index contributed by atoms with van der Waals surface area (Å²) in [4.78, 5) is 6.31. The molecule has 0 fully saturated rings. The Labute approximate surface area is 175 Å². The summed E-state index contributed by atoms with van der Waals surface area (Å²) in [5.41, 5.74) is 8.20. The minimum atomic E-state index is 0.954. The largest absolute Gasteiger partial charge is 0.384 e. The van der Waals surface area contributed by atoms with Gasteiger partial charge in [-0.3, -0.25) is 0 Å². The van der Waals surface area contributed by atoms with Crippen molar-refractivity contribution in [3.63, 3.8) is 0 Å². The molecule has 4 aromatic rings. The van der Waals surface area contributed by atoms with Crippen molar-refractivity contribution in [3.8, 4) is 11.3 Å². The zero-order chi connectivity index (χ0) is 20.0. The third kappa shape index (κ3) is 2.99. The first-order chi connectivity index (χ1) is 14.2. The van der Waals surface area contributed by atoms with Crippen molar-refractivity contribution in [3.05, 3.63) is 59.5 Å². The first kappa shape index (κ1) is 18.2. The first-order valence-electron chi connectivity index (χ1n) is 10.3. The van der Waals surface area contributed by atoms with Gasteiger partial charge in [-0.15, -0.1) is 11.3 Å². The van der Waals surface area contributed by atoms with E-state index in [0.29, 0.717) is 0 Å². The number of pyridine rings is 1. The molecule has 0 radical (unpaired) electrons. The molecule has 2 N–H and O–H groups in total. The van der Waals surface area contributed by atoms with Gasteiger partial charge < -0.3 is 10.6 Å². The van der Waals surface area contributed by atoms with Crippen molar-refractivity contribution < 1.29 is 0 Å². The van der Waals surface area contributed by atoms with Crippen LogP contribution in [0.3, 0.4) is 0 Å². The lowest BCUT2D eigenvalue weighted by molar-refractivity contribution is 0.982. The van der Waals surface area contributed by atoms with E-state index < -0.39 is 0 Å². The summed E-state index contributed by atoms with van der Waals surface area (Å²) >= 11 is 1.81. The molecule has 0 amide bonds.